The van der Waals surface area contributed by atoms with E-state index in [0.29, 0.717) is 5.78 Å². The second-order valence-electron chi connectivity index (χ2n) is 4.30. The number of ketones is 1. The van der Waals surface area contributed by atoms with E-state index in [1.807, 2.05) is 0 Å². The van der Waals surface area contributed by atoms with Crippen molar-refractivity contribution in [3.05, 3.63) is 12.2 Å². The summed E-state index contributed by atoms with van der Waals surface area (Å²) in [5, 5.41) is 0. The van der Waals surface area contributed by atoms with Crippen molar-refractivity contribution < 1.29 is 4.79 Å². The third kappa shape index (κ3) is 0.640. The first-order valence-corrected chi connectivity index (χ1v) is 4.32. The third-order valence-corrected chi connectivity index (χ3v) is 3.78. The smallest absolute Gasteiger partial charge is 0.162 e. The lowest BCUT2D eigenvalue weighted by atomic mass is 9.70. The van der Waals surface area contributed by atoms with E-state index in [0.717, 1.165) is 6.42 Å². The first-order valence-electron chi connectivity index (χ1n) is 4.32. The van der Waals surface area contributed by atoms with Crippen LogP contribution < -0.4 is 0 Å². The Morgan fingerprint density at radius 3 is 2.73 bits per heavy atom. The fourth-order valence-corrected chi connectivity index (χ4v) is 2.49. The van der Waals surface area contributed by atoms with Crippen LogP contribution in [0, 0.1) is 10.8 Å². The van der Waals surface area contributed by atoms with Crippen molar-refractivity contribution in [2.24, 2.45) is 10.8 Å². The molecular formula is C10H14O. The van der Waals surface area contributed by atoms with Gasteiger partial charge in [-0.3, -0.25) is 4.79 Å². The van der Waals surface area contributed by atoms with Crippen LogP contribution in [0.4, 0.5) is 0 Å². The summed E-state index contributed by atoms with van der Waals surface area (Å²) in [5.74, 6) is 0.345. The molecule has 2 atom stereocenters. The molecule has 1 heteroatoms. The van der Waals surface area contributed by atoms with Crippen LogP contribution in [-0.4, -0.2) is 5.78 Å². The van der Waals surface area contributed by atoms with Crippen LogP contribution in [0.1, 0.15) is 33.1 Å². The normalized spacial score (nSPS) is 48.4. The molecule has 2 aliphatic rings. The molecule has 0 heterocycles. The van der Waals surface area contributed by atoms with Crippen LogP contribution in [0.15, 0.2) is 12.2 Å². The summed E-state index contributed by atoms with van der Waals surface area (Å²) >= 11 is 0. The molecule has 11 heavy (non-hydrogen) atoms. The molecule has 0 saturated heterocycles. The van der Waals surface area contributed by atoms with Gasteiger partial charge in [0.25, 0.3) is 0 Å². The Morgan fingerprint density at radius 1 is 1.36 bits per heavy atom. The zero-order valence-electron chi connectivity index (χ0n) is 7.18. The fraction of sp³-hybridized carbons (Fsp3) is 0.700. The van der Waals surface area contributed by atoms with Gasteiger partial charge in [-0.1, -0.05) is 26.3 Å². The molecule has 0 aliphatic heterocycles. The Balaban J connectivity index is 2.48. The summed E-state index contributed by atoms with van der Waals surface area (Å²) < 4.78 is 0. The maximum absolute atomic E-state index is 11.5. The van der Waals surface area contributed by atoms with Crippen LogP contribution in [0.2, 0.25) is 0 Å². The van der Waals surface area contributed by atoms with Gasteiger partial charge < -0.3 is 0 Å². The summed E-state index contributed by atoms with van der Waals surface area (Å²) in [6.45, 7) is 4.32. The Bertz CT molecular complexity index is 241. The van der Waals surface area contributed by atoms with Crippen molar-refractivity contribution in [1.29, 1.82) is 0 Å². The molecule has 1 nitrogen and oxygen atoms in total. The highest BCUT2D eigenvalue weighted by Gasteiger charge is 2.53. The molecule has 0 radical (unpaired) electrons. The predicted molar refractivity (Wildman–Crippen MR) is 44.2 cm³/mol. The van der Waals surface area contributed by atoms with E-state index >= 15 is 0 Å². The highest BCUT2D eigenvalue weighted by molar-refractivity contribution is 5.98. The second kappa shape index (κ2) is 1.77. The lowest BCUT2D eigenvalue weighted by Crippen LogP contribution is -2.32. The topological polar surface area (TPSA) is 17.1 Å². The molecule has 1 saturated carbocycles. The number of carbonyl (C=O) groups excluding carboxylic acids is 1. The SMILES string of the molecule is C[C@]12C=CC(=O)[C@@]1(C)CCC2. The van der Waals surface area contributed by atoms with Crippen molar-refractivity contribution in [3.63, 3.8) is 0 Å². The molecule has 0 amide bonds. The van der Waals surface area contributed by atoms with Crippen LogP contribution in [0.25, 0.3) is 0 Å². The van der Waals surface area contributed by atoms with E-state index in [1.165, 1.54) is 12.8 Å². The first kappa shape index (κ1) is 7.08. The van der Waals surface area contributed by atoms with Crippen LogP contribution in [-0.2, 0) is 4.79 Å². The number of fused-ring (bicyclic) bond motifs is 1. The molecular weight excluding hydrogens is 136 g/mol. The van der Waals surface area contributed by atoms with Gasteiger partial charge >= 0.3 is 0 Å². The summed E-state index contributed by atoms with van der Waals surface area (Å²) in [4.78, 5) is 11.5. The van der Waals surface area contributed by atoms with Gasteiger partial charge in [-0.15, -0.1) is 0 Å². The Hall–Kier alpha value is -0.590. The molecule has 60 valence electrons. The van der Waals surface area contributed by atoms with E-state index < -0.39 is 0 Å². The van der Waals surface area contributed by atoms with Gasteiger partial charge in [0.1, 0.15) is 0 Å². The lowest BCUT2D eigenvalue weighted by Gasteiger charge is -2.31. The number of rotatable bonds is 0. The maximum atomic E-state index is 11.5. The lowest BCUT2D eigenvalue weighted by molar-refractivity contribution is -0.124. The number of allylic oxidation sites excluding steroid dienone is 2. The van der Waals surface area contributed by atoms with Crippen molar-refractivity contribution in [3.8, 4) is 0 Å². The highest BCUT2D eigenvalue weighted by Crippen LogP contribution is 2.57. The molecule has 0 aromatic carbocycles. The summed E-state index contributed by atoms with van der Waals surface area (Å²) in [5.41, 5.74) is 0.136. The van der Waals surface area contributed by atoms with E-state index in [2.05, 4.69) is 19.9 Å². The van der Waals surface area contributed by atoms with Gasteiger partial charge in [-0.05, 0) is 24.3 Å². The quantitative estimate of drug-likeness (QED) is 0.518. The number of carbonyl (C=O) groups is 1. The van der Waals surface area contributed by atoms with Crippen molar-refractivity contribution in [2.45, 2.75) is 33.1 Å². The average molecular weight is 150 g/mol. The highest BCUT2D eigenvalue weighted by atomic mass is 16.1. The van der Waals surface area contributed by atoms with Crippen LogP contribution in [0.5, 0.6) is 0 Å². The zero-order chi connectivity index (χ0) is 8.11. The molecule has 2 aliphatic carbocycles. The second-order valence-corrected chi connectivity index (χ2v) is 4.30. The average Bonchev–Trinajstić information content (AvgIpc) is 2.34. The fourth-order valence-electron chi connectivity index (χ4n) is 2.49. The van der Waals surface area contributed by atoms with Crippen LogP contribution >= 0.6 is 0 Å². The number of hydrogen-bond donors (Lipinski definition) is 0. The zero-order valence-corrected chi connectivity index (χ0v) is 7.18. The molecule has 0 aromatic rings. The molecule has 0 aromatic heterocycles. The summed E-state index contributed by atoms with van der Waals surface area (Å²) in [6, 6.07) is 0. The van der Waals surface area contributed by atoms with Gasteiger partial charge in [0.15, 0.2) is 5.78 Å². The van der Waals surface area contributed by atoms with Crippen molar-refractivity contribution in [1.82, 2.24) is 0 Å². The minimum absolute atomic E-state index is 0.0486. The molecule has 2 rings (SSSR count). The van der Waals surface area contributed by atoms with Gasteiger partial charge in [0, 0.05) is 5.41 Å². The van der Waals surface area contributed by atoms with E-state index in [9.17, 15) is 4.79 Å². The molecule has 1 fully saturated rings. The van der Waals surface area contributed by atoms with Gasteiger partial charge in [-0.25, -0.2) is 0 Å². The molecule has 0 bridgehead atoms. The van der Waals surface area contributed by atoms with E-state index in [4.69, 9.17) is 0 Å². The minimum Gasteiger partial charge on any atom is -0.294 e. The third-order valence-electron chi connectivity index (χ3n) is 3.78. The Labute approximate surface area is 67.5 Å². The minimum atomic E-state index is -0.0486. The predicted octanol–water partition coefficient (Wildman–Crippen LogP) is 2.32. The van der Waals surface area contributed by atoms with E-state index in [-0.39, 0.29) is 10.8 Å². The number of hydrogen-bond acceptors (Lipinski definition) is 1. The summed E-state index contributed by atoms with van der Waals surface area (Å²) in [7, 11) is 0. The molecule has 0 N–H and O–H groups in total. The van der Waals surface area contributed by atoms with Gasteiger partial charge in [-0.2, -0.15) is 0 Å². The van der Waals surface area contributed by atoms with Crippen molar-refractivity contribution >= 4 is 5.78 Å². The Morgan fingerprint density at radius 2 is 2.09 bits per heavy atom. The van der Waals surface area contributed by atoms with Gasteiger partial charge in [0.05, 0.1) is 0 Å². The van der Waals surface area contributed by atoms with E-state index in [1.54, 1.807) is 6.08 Å². The molecule has 0 unspecified atom stereocenters. The molecule has 0 spiro atoms. The van der Waals surface area contributed by atoms with Crippen LogP contribution in [0.3, 0.4) is 0 Å². The Kier molecular flexibility index (Phi) is 1.14. The van der Waals surface area contributed by atoms with Crippen molar-refractivity contribution in [2.75, 3.05) is 0 Å². The monoisotopic (exact) mass is 150 g/mol. The summed E-state index contributed by atoms with van der Waals surface area (Å²) in [6.07, 6.45) is 7.37. The first-order chi connectivity index (χ1) is 5.08. The van der Waals surface area contributed by atoms with Gasteiger partial charge in [0.2, 0.25) is 0 Å². The standard InChI is InChI=1S/C10H14O/c1-9-5-3-6-10(9,2)8(11)4-7-9/h4,7H,3,5-6H2,1-2H3/t9-,10+/m0/s1. The largest absolute Gasteiger partial charge is 0.294 e. The maximum Gasteiger partial charge on any atom is 0.162 e.